The highest BCUT2D eigenvalue weighted by Crippen LogP contribution is 2.18. The van der Waals surface area contributed by atoms with Crippen LogP contribution in [-0.4, -0.2) is 58.2 Å². The Kier molecular flexibility index (Phi) is 6.64. The van der Waals surface area contributed by atoms with Crippen LogP contribution >= 0.6 is 12.4 Å². The van der Waals surface area contributed by atoms with Crippen molar-refractivity contribution in [1.29, 1.82) is 0 Å². The summed E-state index contributed by atoms with van der Waals surface area (Å²) in [4.78, 5) is 1.96. The van der Waals surface area contributed by atoms with Gasteiger partial charge in [0, 0.05) is 6.54 Å². The monoisotopic (exact) mass is 225 g/mol. The molecular weight excluding hydrogens is 206 g/mol. The number of β-amino-alcohol motifs (C(OH)–C–C–N with tert-alkyl or cyclic N) is 1. The summed E-state index contributed by atoms with van der Waals surface area (Å²) in [7, 11) is 0. The Hall–Kier alpha value is 0.130. The first-order chi connectivity index (χ1) is 6.20. The van der Waals surface area contributed by atoms with Crippen molar-refractivity contribution >= 4 is 12.4 Å². The Balaban J connectivity index is 0.00000169. The Morgan fingerprint density at radius 3 is 2.50 bits per heavy atom. The number of unbranched alkanes of at least 4 members (excludes halogenated alkanes) is 1. The lowest BCUT2D eigenvalue weighted by atomic mass is 10.1. The zero-order chi connectivity index (χ0) is 9.84. The van der Waals surface area contributed by atoms with Gasteiger partial charge in [0.2, 0.25) is 0 Å². The van der Waals surface area contributed by atoms with Gasteiger partial charge < -0.3 is 15.3 Å². The molecule has 1 saturated heterocycles. The van der Waals surface area contributed by atoms with Crippen LogP contribution in [0.1, 0.15) is 19.8 Å². The Morgan fingerprint density at radius 1 is 1.36 bits per heavy atom. The molecule has 4 nitrogen and oxygen atoms in total. The summed E-state index contributed by atoms with van der Waals surface area (Å²) in [6.07, 6.45) is 0.632. The van der Waals surface area contributed by atoms with Crippen molar-refractivity contribution in [2.24, 2.45) is 0 Å². The van der Waals surface area contributed by atoms with Crippen molar-refractivity contribution in [3.05, 3.63) is 0 Å². The predicted molar refractivity (Wildman–Crippen MR) is 56.6 cm³/mol. The van der Waals surface area contributed by atoms with E-state index in [2.05, 4.69) is 6.92 Å². The summed E-state index contributed by atoms with van der Waals surface area (Å²) in [5.74, 6) is 0. The minimum absolute atomic E-state index is 0. The maximum absolute atomic E-state index is 9.48. The van der Waals surface area contributed by atoms with Gasteiger partial charge in [0.15, 0.2) is 0 Å². The molecule has 1 rings (SSSR count). The third kappa shape index (κ3) is 3.07. The van der Waals surface area contributed by atoms with Gasteiger partial charge in [-0.3, -0.25) is 4.90 Å². The molecule has 1 aliphatic heterocycles. The van der Waals surface area contributed by atoms with E-state index in [1.165, 1.54) is 0 Å². The summed E-state index contributed by atoms with van der Waals surface area (Å²) >= 11 is 0. The lowest BCUT2D eigenvalue weighted by Crippen LogP contribution is -2.39. The fourth-order valence-corrected chi connectivity index (χ4v) is 1.80. The van der Waals surface area contributed by atoms with Crippen LogP contribution in [0.15, 0.2) is 0 Å². The van der Waals surface area contributed by atoms with E-state index in [-0.39, 0.29) is 25.1 Å². The lowest BCUT2D eigenvalue weighted by Gasteiger charge is -2.23. The van der Waals surface area contributed by atoms with E-state index >= 15 is 0 Å². The molecule has 1 heterocycles. The summed E-state index contributed by atoms with van der Waals surface area (Å²) < 4.78 is 0. The molecule has 5 heteroatoms. The first kappa shape index (κ1) is 14.1. The van der Waals surface area contributed by atoms with Crippen molar-refractivity contribution in [2.75, 3.05) is 19.7 Å². The van der Waals surface area contributed by atoms with Crippen LogP contribution in [-0.2, 0) is 0 Å². The average molecular weight is 226 g/mol. The fourth-order valence-electron chi connectivity index (χ4n) is 1.80. The van der Waals surface area contributed by atoms with E-state index in [1.54, 1.807) is 0 Å². The van der Waals surface area contributed by atoms with Gasteiger partial charge in [0.05, 0.1) is 24.9 Å². The van der Waals surface area contributed by atoms with Crippen LogP contribution in [0.25, 0.3) is 0 Å². The fraction of sp³-hybridized carbons (Fsp3) is 1.00. The SMILES string of the molecule is CCCCN1C[C@@H](O)[C@H](O)[C@H]1CO.Cl. The summed E-state index contributed by atoms with van der Waals surface area (Å²) in [6.45, 7) is 3.33. The molecule has 86 valence electrons. The highest BCUT2D eigenvalue weighted by molar-refractivity contribution is 5.85. The van der Waals surface area contributed by atoms with Crippen LogP contribution < -0.4 is 0 Å². The zero-order valence-electron chi connectivity index (χ0n) is 8.46. The maximum atomic E-state index is 9.48. The molecule has 0 amide bonds. The summed E-state index contributed by atoms with van der Waals surface area (Å²) in [5, 5.41) is 27.9. The van der Waals surface area contributed by atoms with E-state index in [1.807, 2.05) is 4.90 Å². The van der Waals surface area contributed by atoms with E-state index in [9.17, 15) is 10.2 Å². The molecule has 0 unspecified atom stereocenters. The number of hydrogen-bond donors (Lipinski definition) is 3. The second-order valence-corrected chi connectivity index (χ2v) is 3.66. The Bertz CT molecular complexity index is 159. The number of halogens is 1. The van der Waals surface area contributed by atoms with Gasteiger partial charge >= 0.3 is 0 Å². The van der Waals surface area contributed by atoms with Gasteiger partial charge in [-0.25, -0.2) is 0 Å². The Morgan fingerprint density at radius 2 is 2.00 bits per heavy atom. The van der Waals surface area contributed by atoms with Gasteiger partial charge in [-0.1, -0.05) is 13.3 Å². The molecule has 3 N–H and O–H groups in total. The minimum Gasteiger partial charge on any atom is -0.395 e. The smallest absolute Gasteiger partial charge is 0.0988 e. The summed E-state index contributed by atoms with van der Waals surface area (Å²) in [5.41, 5.74) is 0. The number of hydrogen-bond acceptors (Lipinski definition) is 4. The largest absolute Gasteiger partial charge is 0.395 e. The third-order valence-corrected chi connectivity index (χ3v) is 2.66. The van der Waals surface area contributed by atoms with Crippen molar-refractivity contribution in [3.63, 3.8) is 0 Å². The van der Waals surface area contributed by atoms with Gasteiger partial charge in [-0.05, 0) is 13.0 Å². The molecule has 0 aliphatic carbocycles. The number of likely N-dealkylation sites (tertiary alicyclic amines) is 1. The molecule has 0 spiro atoms. The standard InChI is InChI=1S/C9H19NO3.ClH/c1-2-3-4-10-5-8(12)9(13)7(10)6-11;/h7-9,11-13H,2-6H2,1H3;1H/t7-,8-,9-;/m1./s1. The average Bonchev–Trinajstić information content (AvgIpc) is 2.39. The Labute approximate surface area is 90.9 Å². The van der Waals surface area contributed by atoms with E-state index in [4.69, 9.17) is 5.11 Å². The predicted octanol–water partition coefficient (Wildman–Crippen LogP) is -0.393. The van der Waals surface area contributed by atoms with Crippen molar-refractivity contribution in [2.45, 2.75) is 38.0 Å². The molecule has 0 radical (unpaired) electrons. The van der Waals surface area contributed by atoms with E-state index in [0.717, 1.165) is 19.4 Å². The first-order valence-electron chi connectivity index (χ1n) is 4.91. The van der Waals surface area contributed by atoms with Crippen LogP contribution in [0.2, 0.25) is 0 Å². The van der Waals surface area contributed by atoms with E-state index < -0.39 is 12.2 Å². The molecular formula is C9H20ClNO3. The van der Waals surface area contributed by atoms with Gasteiger partial charge in [0.25, 0.3) is 0 Å². The minimum atomic E-state index is -0.790. The number of nitrogens with zero attached hydrogens (tertiary/aromatic N) is 1. The number of rotatable bonds is 4. The van der Waals surface area contributed by atoms with Gasteiger partial charge in [-0.15, -0.1) is 12.4 Å². The first-order valence-corrected chi connectivity index (χ1v) is 4.91. The van der Waals surface area contributed by atoms with Crippen molar-refractivity contribution < 1.29 is 15.3 Å². The van der Waals surface area contributed by atoms with Crippen molar-refractivity contribution in [1.82, 2.24) is 4.90 Å². The highest BCUT2D eigenvalue weighted by atomic mass is 35.5. The van der Waals surface area contributed by atoms with Gasteiger partial charge in [-0.2, -0.15) is 0 Å². The zero-order valence-corrected chi connectivity index (χ0v) is 9.28. The normalized spacial score (nSPS) is 33.0. The second kappa shape index (κ2) is 6.58. The van der Waals surface area contributed by atoms with Crippen LogP contribution in [0.5, 0.6) is 0 Å². The van der Waals surface area contributed by atoms with Crippen molar-refractivity contribution in [3.8, 4) is 0 Å². The molecule has 0 bridgehead atoms. The highest BCUT2D eigenvalue weighted by Gasteiger charge is 2.38. The van der Waals surface area contributed by atoms with E-state index in [0.29, 0.717) is 6.54 Å². The molecule has 14 heavy (non-hydrogen) atoms. The number of aliphatic hydroxyl groups excluding tert-OH is 3. The number of aliphatic hydroxyl groups is 3. The molecule has 0 aromatic rings. The maximum Gasteiger partial charge on any atom is 0.0988 e. The summed E-state index contributed by atoms with van der Waals surface area (Å²) in [6, 6.07) is -0.276. The third-order valence-electron chi connectivity index (χ3n) is 2.66. The lowest BCUT2D eigenvalue weighted by molar-refractivity contribution is 0.0216. The molecule has 0 aromatic heterocycles. The molecule has 0 saturated carbocycles. The second-order valence-electron chi connectivity index (χ2n) is 3.66. The molecule has 3 atom stereocenters. The molecule has 1 fully saturated rings. The quantitative estimate of drug-likeness (QED) is 0.610. The molecule has 1 aliphatic rings. The van der Waals surface area contributed by atoms with Gasteiger partial charge in [0.1, 0.15) is 0 Å². The van der Waals surface area contributed by atoms with Crippen LogP contribution in [0, 0.1) is 0 Å². The van der Waals surface area contributed by atoms with Crippen LogP contribution in [0.3, 0.4) is 0 Å². The molecule has 0 aromatic carbocycles. The topological polar surface area (TPSA) is 63.9 Å². The van der Waals surface area contributed by atoms with Crippen LogP contribution in [0.4, 0.5) is 0 Å².